The highest BCUT2D eigenvalue weighted by atomic mass is 16.6. The Hall–Kier alpha value is -2.64. The van der Waals surface area contributed by atoms with Crippen LogP contribution in [0.15, 0.2) is 24.5 Å². The van der Waals surface area contributed by atoms with E-state index < -0.39 is 4.92 Å². The Morgan fingerprint density at radius 3 is 2.89 bits per heavy atom. The second kappa shape index (κ2) is 4.70. The quantitative estimate of drug-likeness (QED) is 0.620. The van der Waals surface area contributed by atoms with E-state index in [1.807, 2.05) is 0 Å². The van der Waals surface area contributed by atoms with Gasteiger partial charge in [-0.25, -0.2) is 9.97 Å². The minimum atomic E-state index is -0.580. The van der Waals surface area contributed by atoms with Gasteiger partial charge in [-0.2, -0.15) is 0 Å². The summed E-state index contributed by atoms with van der Waals surface area (Å²) < 4.78 is 0. The minimum absolute atomic E-state index is 0.177. The van der Waals surface area contributed by atoms with Crippen LogP contribution in [0.4, 0.5) is 5.82 Å². The van der Waals surface area contributed by atoms with Crippen molar-refractivity contribution in [1.82, 2.24) is 19.9 Å². The monoisotopic (exact) mass is 249 g/mol. The number of hydrogen-bond acceptors (Lipinski definition) is 4. The van der Waals surface area contributed by atoms with Crippen LogP contribution in [0.2, 0.25) is 0 Å². The maximum atomic E-state index is 11.9. The summed E-state index contributed by atoms with van der Waals surface area (Å²) in [6.07, 6.45) is 3.25. The van der Waals surface area contributed by atoms with E-state index in [1.165, 1.54) is 17.0 Å². The van der Waals surface area contributed by atoms with Gasteiger partial charge in [0.1, 0.15) is 5.82 Å². The molecule has 0 aliphatic heterocycles. The summed E-state index contributed by atoms with van der Waals surface area (Å²) in [4.78, 5) is 32.6. The first-order valence-corrected chi connectivity index (χ1v) is 5.15. The van der Waals surface area contributed by atoms with E-state index in [0.29, 0.717) is 12.4 Å². The SMILES string of the molecule is CN(Cc1ncc[nH]1)C(=O)c1ccc([N+](=O)[O-])[nH]1. The molecule has 1 amide bonds. The number of carbonyl (C=O) groups is 1. The molecule has 8 nitrogen and oxygen atoms in total. The number of aromatic amines is 2. The topological polar surface area (TPSA) is 108 Å². The zero-order valence-corrected chi connectivity index (χ0v) is 9.58. The third-order valence-electron chi connectivity index (χ3n) is 2.39. The summed E-state index contributed by atoms with van der Waals surface area (Å²) in [5, 5.41) is 10.5. The molecule has 0 spiro atoms. The molecule has 18 heavy (non-hydrogen) atoms. The fraction of sp³-hybridized carbons (Fsp3) is 0.200. The standard InChI is InChI=1S/C10H11N5O3/c1-14(6-8-11-4-5-12-8)10(16)7-2-3-9(13-7)15(17)18/h2-5,13H,6H2,1H3,(H,11,12). The van der Waals surface area contributed by atoms with Gasteiger partial charge in [-0.1, -0.05) is 0 Å². The van der Waals surface area contributed by atoms with Crippen molar-refractivity contribution < 1.29 is 9.72 Å². The number of aromatic nitrogens is 3. The summed E-state index contributed by atoms with van der Waals surface area (Å²) in [5.41, 5.74) is 0.177. The summed E-state index contributed by atoms with van der Waals surface area (Å²) in [5.74, 6) is 0.108. The molecular formula is C10H11N5O3. The summed E-state index contributed by atoms with van der Waals surface area (Å²) >= 11 is 0. The number of nitro groups is 1. The third kappa shape index (κ3) is 2.37. The number of nitrogens with zero attached hydrogens (tertiary/aromatic N) is 3. The average Bonchev–Trinajstić information content (AvgIpc) is 2.98. The first-order valence-electron chi connectivity index (χ1n) is 5.15. The second-order valence-electron chi connectivity index (χ2n) is 3.71. The molecule has 2 rings (SSSR count). The van der Waals surface area contributed by atoms with Gasteiger partial charge < -0.3 is 20.0 Å². The van der Waals surface area contributed by atoms with Gasteiger partial charge in [0, 0.05) is 25.5 Å². The van der Waals surface area contributed by atoms with Crippen LogP contribution in [0.25, 0.3) is 0 Å². The fourth-order valence-corrected chi connectivity index (χ4v) is 1.50. The lowest BCUT2D eigenvalue weighted by Crippen LogP contribution is -2.27. The molecule has 2 heterocycles. The van der Waals surface area contributed by atoms with E-state index in [1.54, 1.807) is 19.4 Å². The van der Waals surface area contributed by atoms with E-state index in [-0.39, 0.29) is 17.4 Å². The van der Waals surface area contributed by atoms with Crippen LogP contribution in [-0.4, -0.2) is 37.7 Å². The fourth-order valence-electron chi connectivity index (χ4n) is 1.50. The Morgan fingerprint density at radius 2 is 2.33 bits per heavy atom. The van der Waals surface area contributed by atoms with E-state index in [2.05, 4.69) is 15.0 Å². The first-order chi connectivity index (χ1) is 8.58. The molecule has 2 aromatic rings. The van der Waals surface area contributed by atoms with Crippen molar-refractivity contribution in [2.75, 3.05) is 7.05 Å². The van der Waals surface area contributed by atoms with Crippen LogP contribution in [0, 0.1) is 10.1 Å². The van der Waals surface area contributed by atoms with Gasteiger partial charge in [-0.3, -0.25) is 4.79 Å². The highest BCUT2D eigenvalue weighted by molar-refractivity contribution is 5.92. The molecule has 2 aromatic heterocycles. The lowest BCUT2D eigenvalue weighted by Gasteiger charge is -2.13. The first kappa shape index (κ1) is 11.8. The largest absolute Gasteiger partial charge is 0.358 e. The van der Waals surface area contributed by atoms with Crippen LogP contribution in [0.1, 0.15) is 16.3 Å². The number of nitrogens with one attached hydrogen (secondary N) is 2. The van der Waals surface area contributed by atoms with E-state index in [0.717, 1.165) is 0 Å². The van der Waals surface area contributed by atoms with Crippen molar-refractivity contribution in [1.29, 1.82) is 0 Å². The van der Waals surface area contributed by atoms with Gasteiger partial charge in [0.05, 0.1) is 6.54 Å². The van der Waals surface area contributed by atoms with E-state index in [9.17, 15) is 14.9 Å². The molecule has 0 bridgehead atoms. The van der Waals surface area contributed by atoms with Crippen molar-refractivity contribution in [2.24, 2.45) is 0 Å². The lowest BCUT2D eigenvalue weighted by molar-refractivity contribution is -0.389. The Balaban J connectivity index is 2.08. The van der Waals surface area contributed by atoms with Crippen molar-refractivity contribution in [3.63, 3.8) is 0 Å². The van der Waals surface area contributed by atoms with Crippen molar-refractivity contribution >= 4 is 11.7 Å². The molecule has 0 aliphatic carbocycles. The molecule has 0 saturated carbocycles. The Morgan fingerprint density at radius 1 is 1.56 bits per heavy atom. The molecule has 94 valence electrons. The molecule has 0 atom stereocenters. The molecule has 0 fully saturated rings. The molecule has 2 N–H and O–H groups in total. The van der Waals surface area contributed by atoms with Crippen LogP contribution in [-0.2, 0) is 6.54 Å². The van der Waals surface area contributed by atoms with Gasteiger partial charge in [0.15, 0.2) is 5.69 Å². The van der Waals surface area contributed by atoms with Crippen molar-refractivity contribution in [3.8, 4) is 0 Å². The molecule has 0 aromatic carbocycles. The molecule has 0 unspecified atom stereocenters. The number of rotatable bonds is 4. The predicted octanol–water partition coefficient (Wildman–Crippen LogP) is 0.918. The van der Waals surface area contributed by atoms with E-state index >= 15 is 0 Å². The van der Waals surface area contributed by atoms with Crippen LogP contribution in [0.3, 0.4) is 0 Å². The number of H-pyrrole nitrogens is 2. The Labute approximate surface area is 102 Å². The van der Waals surface area contributed by atoms with E-state index in [4.69, 9.17) is 0 Å². The predicted molar refractivity (Wildman–Crippen MR) is 61.8 cm³/mol. The number of carbonyl (C=O) groups excluding carboxylic acids is 1. The number of hydrogen-bond donors (Lipinski definition) is 2. The van der Waals surface area contributed by atoms with Gasteiger partial charge in [0.2, 0.25) is 0 Å². The van der Waals surface area contributed by atoms with Crippen LogP contribution in [0.5, 0.6) is 0 Å². The summed E-state index contributed by atoms with van der Waals surface area (Å²) in [7, 11) is 1.59. The maximum Gasteiger partial charge on any atom is 0.321 e. The van der Waals surface area contributed by atoms with Gasteiger partial charge in [0.25, 0.3) is 5.91 Å². The maximum absolute atomic E-state index is 11.9. The minimum Gasteiger partial charge on any atom is -0.358 e. The van der Waals surface area contributed by atoms with Crippen LogP contribution < -0.4 is 0 Å². The number of amides is 1. The zero-order valence-electron chi connectivity index (χ0n) is 9.58. The van der Waals surface area contributed by atoms with Crippen LogP contribution >= 0.6 is 0 Å². The zero-order chi connectivity index (χ0) is 13.1. The molecule has 0 saturated heterocycles. The highest BCUT2D eigenvalue weighted by Gasteiger charge is 2.19. The number of imidazole rings is 1. The molecule has 0 radical (unpaired) electrons. The normalized spacial score (nSPS) is 10.3. The van der Waals surface area contributed by atoms with Gasteiger partial charge in [-0.05, 0) is 11.0 Å². The van der Waals surface area contributed by atoms with Gasteiger partial charge in [-0.15, -0.1) is 0 Å². The Kier molecular flexibility index (Phi) is 3.09. The molecule has 0 aliphatic rings. The summed E-state index contributed by atoms with van der Waals surface area (Å²) in [6.45, 7) is 0.304. The second-order valence-corrected chi connectivity index (χ2v) is 3.71. The highest BCUT2D eigenvalue weighted by Crippen LogP contribution is 2.12. The smallest absolute Gasteiger partial charge is 0.321 e. The van der Waals surface area contributed by atoms with Crippen molar-refractivity contribution in [2.45, 2.75) is 6.54 Å². The third-order valence-corrected chi connectivity index (χ3v) is 2.39. The van der Waals surface area contributed by atoms with Crippen molar-refractivity contribution in [3.05, 3.63) is 46.2 Å². The summed E-state index contributed by atoms with van der Waals surface area (Å²) in [6, 6.07) is 2.65. The van der Waals surface area contributed by atoms with Gasteiger partial charge >= 0.3 is 5.82 Å². The molecule has 8 heteroatoms. The Bertz CT molecular complexity index is 560. The lowest BCUT2D eigenvalue weighted by atomic mass is 10.3. The molecular weight excluding hydrogens is 238 g/mol. The average molecular weight is 249 g/mol.